The molecule has 0 rings (SSSR count). The van der Waals surface area contributed by atoms with E-state index in [1.165, 1.54) is 0 Å². The minimum Gasteiger partial charge on any atom is -0.477 e. The molecule has 0 bridgehead atoms. The highest BCUT2D eigenvalue weighted by Gasteiger charge is 2.39. The second-order valence-electron chi connectivity index (χ2n) is 3.03. The second kappa shape index (κ2) is 6.79. The van der Waals surface area contributed by atoms with Crippen molar-refractivity contribution < 1.29 is 19.4 Å². The molecule has 84 valence electrons. The Kier molecular flexibility index (Phi) is 6.49. The predicted molar refractivity (Wildman–Crippen MR) is 53.1 cm³/mol. The summed E-state index contributed by atoms with van der Waals surface area (Å²) in [5.74, 6) is -2.46. The van der Waals surface area contributed by atoms with Crippen LogP contribution >= 0.6 is 0 Å². The quantitative estimate of drug-likeness (QED) is 0.615. The second-order valence-corrected chi connectivity index (χ2v) is 3.03. The van der Waals surface area contributed by atoms with Crippen LogP contribution in [0.1, 0.15) is 40.0 Å². The maximum atomic E-state index is 11.1. The first-order valence-electron chi connectivity index (χ1n) is 5.14. The molecular formula is C10H20O4. The third kappa shape index (κ3) is 3.64. The zero-order valence-electron chi connectivity index (χ0n) is 9.21. The van der Waals surface area contributed by atoms with Crippen LogP contribution in [0.5, 0.6) is 0 Å². The highest BCUT2D eigenvalue weighted by atomic mass is 16.7. The molecule has 0 saturated heterocycles. The maximum Gasteiger partial charge on any atom is 0.364 e. The number of hydrogen-bond acceptors (Lipinski definition) is 3. The number of rotatable bonds is 8. The number of carboxylic acids is 1. The monoisotopic (exact) mass is 204 g/mol. The van der Waals surface area contributed by atoms with Gasteiger partial charge in [-0.3, -0.25) is 0 Å². The van der Waals surface area contributed by atoms with Gasteiger partial charge in [-0.05, 0) is 20.3 Å². The number of ether oxygens (including phenoxy) is 2. The molecule has 0 aliphatic heterocycles. The van der Waals surface area contributed by atoms with E-state index in [1.54, 1.807) is 13.8 Å². The summed E-state index contributed by atoms with van der Waals surface area (Å²) in [5, 5.41) is 9.06. The highest BCUT2D eigenvalue weighted by Crippen LogP contribution is 2.21. The normalized spacial score (nSPS) is 11.6. The molecule has 0 unspecified atom stereocenters. The molecule has 0 aliphatic rings. The van der Waals surface area contributed by atoms with Crippen LogP contribution in [-0.4, -0.2) is 30.1 Å². The number of aliphatic carboxylic acids is 1. The summed E-state index contributed by atoms with van der Waals surface area (Å²) in [6.07, 6.45) is 2.11. The van der Waals surface area contributed by atoms with Crippen molar-refractivity contribution in [2.24, 2.45) is 0 Å². The number of carbonyl (C=O) groups is 1. The Bertz CT molecular complexity index is 162. The van der Waals surface area contributed by atoms with Crippen molar-refractivity contribution in [3.05, 3.63) is 0 Å². The van der Waals surface area contributed by atoms with Gasteiger partial charge < -0.3 is 14.6 Å². The molecule has 0 heterocycles. The van der Waals surface area contributed by atoms with E-state index in [-0.39, 0.29) is 0 Å². The Balaban J connectivity index is 4.46. The van der Waals surface area contributed by atoms with E-state index in [9.17, 15) is 4.79 Å². The standard InChI is InChI=1S/C10H20O4/c1-4-7-8-10(9(11)12,13-5-2)14-6-3/h4-8H2,1-3H3,(H,11,12). The minimum absolute atomic E-state index is 0.343. The lowest BCUT2D eigenvalue weighted by Gasteiger charge is -2.28. The Morgan fingerprint density at radius 2 is 1.71 bits per heavy atom. The largest absolute Gasteiger partial charge is 0.477 e. The molecule has 0 radical (unpaired) electrons. The smallest absolute Gasteiger partial charge is 0.364 e. The van der Waals surface area contributed by atoms with E-state index in [0.717, 1.165) is 12.8 Å². The lowest BCUT2D eigenvalue weighted by atomic mass is 10.1. The van der Waals surface area contributed by atoms with Crippen LogP contribution in [0.25, 0.3) is 0 Å². The fraction of sp³-hybridized carbons (Fsp3) is 0.900. The summed E-state index contributed by atoms with van der Waals surface area (Å²) < 4.78 is 10.4. The average molecular weight is 204 g/mol. The van der Waals surface area contributed by atoms with Crippen molar-refractivity contribution >= 4 is 5.97 Å². The molecule has 0 aromatic heterocycles. The third-order valence-corrected chi connectivity index (χ3v) is 1.94. The van der Waals surface area contributed by atoms with Gasteiger partial charge in [0.1, 0.15) is 0 Å². The van der Waals surface area contributed by atoms with E-state index in [0.29, 0.717) is 19.6 Å². The fourth-order valence-electron chi connectivity index (χ4n) is 1.29. The molecular weight excluding hydrogens is 184 g/mol. The summed E-state index contributed by atoms with van der Waals surface area (Å²) >= 11 is 0. The lowest BCUT2D eigenvalue weighted by Crippen LogP contribution is -2.44. The van der Waals surface area contributed by atoms with E-state index in [4.69, 9.17) is 14.6 Å². The summed E-state index contributed by atoms with van der Waals surface area (Å²) in [4.78, 5) is 11.1. The minimum atomic E-state index is -1.43. The van der Waals surface area contributed by atoms with Crippen LogP contribution in [0, 0.1) is 0 Å². The van der Waals surface area contributed by atoms with Gasteiger partial charge in [0.05, 0.1) is 0 Å². The van der Waals surface area contributed by atoms with Gasteiger partial charge in [-0.1, -0.05) is 13.3 Å². The average Bonchev–Trinajstić information content (AvgIpc) is 2.14. The van der Waals surface area contributed by atoms with Crippen molar-refractivity contribution in [2.45, 2.75) is 45.8 Å². The van der Waals surface area contributed by atoms with Crippen molar-refractivity contribution in [3.63, 3.8) is 0 Å². The van der Waals surface area contributed by atoms with Gasteiger partial charge in [0.15, 0.2) is 0 Å². The van der Waals surface area contributed by atoms with Crippen LogP contribution in [0.15, 0.2) is 0 Å². The third-order valence-electron chi connectivity index (χ3n) is 1.94. The van der Waals surface area contributed by atoms with Gasteiger partial charge in [0.25, 0.3) is 5.79 Å². The topological polar surface area (TPSA) is 55.8 Å². The Labute approximate surface area is 85.2 Å². The Morgan fingerprint density at radius 1 is 1.21 bits per heavy atom. The Hall–Kier alpha value is -0.610. The van der Waals surface area contributed by atoms with E-state index in [1.807, 2.05) is 6.92 Å². The van der Waals surface area contributed by atoms with E-state index >= 15 is 0 Å². The maximum absolute atomic E-state index is 11.1. The van der Waals surface area contributed by atoms with Gasteiger partial charge in [-0.15, -0.1) is 0 Å². The molecule has 0 aromatic carbocycles. The van der Waals surface area contributed by atoms with Gasteiger partial charge in [0.2, 0.25) is 0 Å². The number of carboxylic acid groups (broad SMARTS) is 1. The molecule has 0 amide bonds. The van der Waals surface area contributed by atoms with Crippen molar-refractivity contribution in [1.82, 2.24) is 0 Å². The van der Waals surface area contributed by atoms with Gasteiger partial charge >= 0.3 is 5.97 Å². The van der Waals surface area contributed by atoms with E-state index in [2.05, 4.69) is 0 Å². The molecule has 0 fully saturated rings. The zero-order valence-corrected chi connectivity index (χ0v) is 9.21. The first kappa shape index (κ1) is 13.4. The summed E-state index contributed by atoms with van der Waals surface area (Å²) in [6.45, 7) is 6.22. The van der Waals surface area contributed by atoms with Crippen molar-refractivity contribution in [2.75, 3.05) is 13.2 Å². The molecule has 4 nitrogen and oxygen atoms in total. The molecule has 0 spiro atoms. The van der Waals surface area contributed by atoms with Gasteiger partial charge in [-0.2, -0.15) is 0 Å². The van der Waals surface area contributed by atoms with Gasteiger partial charge in [-0.25, -0.2) is 4.79 Å². The van der Waals surface area contributed by atoms with Gasteiger partial charge in [0, 0.05) is 19.6 Å². The molecule has 1 N–H and O–H groups in total. The van der Waals surface area contributed by atoms with Crippen LogP contribution in [0.2, 0.25) is 0 Å². The lowest BCUT2D eigenvalue weighted by molar-refractivity contribution is -0.244. The predicted octanol–water partition coefficient (Wildman–Crippen LogP) is 2.03. The highest BCUT2D eigenvalue weighted by molar-refractivity contribution is 5.75. The molecule has 0 saturated carbocycles. The van der Waals surface area contributed by atoms with Crippen LogP contribution in [-0.2, 0) is 14.3 Å². The van der Waals surface area contributed by atoms with Crippen LogP contribution in [0.4, 0.5) is 0 Å². The van der Waals surface area contributed by atoms with Crippen molar-refractivity contribution in [3.8, 4) is 0 Å². The first-order chi connectivity index (χ1) is 6.63. The molecule has 14 heavy (non-hydrogen) atoms. The molecule has 0 atom stereocenters. The number of hydrogen-bond donors (Lipinski definition) is 1. The summed E-state index contributed by atoms with van der Waals surface area (Å²) in [6, 6.07) is 0. The van der Waals surface area contributed by atoms with E-state index < -0.39 is 11.8 Å². The van der Waals surface area contributed by atoms with Crippen LogP contribution < -0.4 is 0 Å². The fourth-order valence-corrected chi connectivity index (χ4v) is 1.29. The van der Waals surface area contributed by atoms with Crippen molar-refractivity contribution in [1.29, 1.82) is 0 Å². The molecule has 0 aromatic rings. The summed E-state index contributed by atoms with van der Waals surface area (Å²) in [5.41, 5.74) is 0. The molecule has 0 aliphatic carbocycles. The zero-order chi connectivity index (χ0) is 11.0. The molecule has 4 heteroatoms. The van der Waals surface area contributed by atoms with Crippen LogP contribution in [0.3, 0.4) is 0 Å². The SMILES string of the molecule is CCCCC(OCC)(OCC)C(=O)O. The Morgan fingerprint density at radius 3 is 2.00 bits per heavy atom. The first-order valence-corrected chi connectivity index (χ1v) is 5.14. The summed E-state index contributed by atoms with van der Waals surface area (Å²) in [7, 11) is 0. The number of unbranched alkanes of at least 4 members (excludes halogenated alkanes) is 1.